The van der Waals surface area contributed by atoms with Crippen molar-refractivity contribution in [3.05, 3.63) is 59.7 Å². The zero-order valence-corrected chi connectivity index (χ0v) is 19.5. The molecule has 7 heteroatoms. The highest BCUT2D eigenvalue weighted by Gasteiger charge is 2.22. The van der Waals surface area contributed by atoms with Crippen molar-refractivity contribution in [2.45, 2.75) is 52.2 Å². The lowest BCUT2D eigenvalue weighted by Gasteiger charge is -2.26. The van der Waals surface area contributed by atoms with E-state index in [2.05, 4.69) is 0 Å². The molecule has 0 aliphatic heterocycles. The van der Waals surface area contributed by atoms with Gasteiger partial charge in [0.25, 0.3) is 0 Å². The molecule has 2 rings (SSSR count). The number of esters is 1. The molecule has 1 unspecified atom stereocenters. The fourth-order valence-corrected chi connectivity index (χ4v) is 2.79. The molecule has 0 aromatic heterocycles. The first kappa shape index (κ1) is 25.2. The highest BCUT2D eigenvalue weighted by molar-refractivity contribution is 5.75. The van der Waals surface area contributed by atoms with Crippen molar-refractivity contribution in [3.8, 4) is 11.5 Å². The van der Waals surface area contributed by atoms with Crippen molar-refractivity contribution in [1.82, 2.24) is 4.90 Å². The summed E-state index contributed by atoms with van der Waals surface area (Å²) in [4.78, 5) is 25.6. The Morgan fingerprint density at radius 1 is 1.00 bits per heavy atom. The maximum atomic E-state index is 12.2. The minimum atomic E-state index is -0.897. The van der Waals surface area contributed by atoms with Crippen LogP contribution in [0, 0.1) is 0 Å². The van der Waals surface area contributed by atoms with Gasteiger partial charge in [0.1, 0.15) is 17.1 Å². The molecule has 1 amide bonds. The van der Waals surface area contributed by atoms with Crippen LogP contribution in [0.4, 0.5) is 4.79 Å². The fourth-order valence-electron chi connectivity index (χ4n) is 2.79. The topological polar surface area (TPSA) is 85.3 Å². The van der Waals surface area contributed by atoms with Crippen LogP contribution in [-0.2, 0) is 16.0 Å². The van der Waals surface area contributed by atoms with Gasteiger partial charge in [-0.2, -0.15) is 0 Å². The van der Waals surface area contributed by atoms with Gasteiger partial charge in [0.05, 0.1) is 25.7 Å². The average molecular weight is 444 g/mol. The molecule has 0 bridgehead atoms. The fraction of sp³-hybridized carbons (Fsp3) is 0.440. The molecule has 0 saturated carbocycles. The molecular weight excluding hydrogens is 410 g/mol. The van der Waals surface area contributed by atoms with E-state index in [1.54, 1.807) is 52.1 Å². The number of carbonyl (C=O) groups excluding carboxylic acids is 2. The SMILES string of the molecule is CCCOc1ccc(CC(=O)Oc2ccc(C(O)CN(C)C(=O)OC(C)(C)C)cc2)cc1. The Morgan fingerprint density at radius 3 is 2.16 bits per heavy atom. The van der Waals surface area contributed by atoms with E-state index < -0.39 is 17.8 Å². The van der Waals surface area contributed by atoms with Gasteiger partial charge in [-0.25, -0.2) is 4.79 Å². The molecule has 2 aromatic carbocycles. The number of nitrogens with zero attached hydrogens (tertiary/aromatic N) is 1. The summed E-state index contributed by atoms with van der Waals surface area (Å²) in [7, 11) is 1.57. The standard InChI is InChI=1S/C25H33NO6/c1-6-15-30-20-11-7-18(8-12-20)16-23(28)31-21-13-9-19(10-14-21)22(27)17-26(5)24(29)32-25(2,3)4/h7-14,22,27H,6,15-17H2,1-5H3. The van der Waals surface area contributed by atoms with Gasteiger partial charge in [-0.1, -0.05) is 31.2 Å². The maximum Gasteiger partial charge on any atom is 0.410 e. The van der Waals surface area contributed by atoms with E-state index in [0.717, 1.165) is 17.7 Å². The highest BCUT2D eigenvalue weighted by Crippen LogP contribution is 2.20. The zero-order valence-electron chi connectivity index (χ0n) is 19.5. The van der Waals surface area contributed by atoms with Crippen LogP contribution in [0.5, 0.6) is 11.5 Å². The van der Waals surface area contributed by atoms with Crippen LogP contribution in [-0.4, -0.2) is 47.9 Å². The number of hydrogen-bond acceptors (Lipinski definition) is 6. The summed E-state index contributed by atoms with van der Waals surface area (Å²) >= 11 is 0. The van der Waals surface area contributed by atoms with Crippen LogP contribution < -0.4 is 9.47 Å². The van der Waals surface area contributed by atoms with Crippen LogP contribution in [0.3, 0.4) is 0 Å². The first-order valence-corrected chi connectivity index (χ1v) is 10.7. The van der Waals surface area contributed by atoms with Crippen LogP contribution in [0.1, 0.15) is 51.3 Å². The Labute approximate surface area is 189 Å². The second-order valence-corrected chi connectivity index (χ2v) is 8.59. The summed E-state index contributed by atoms with van der Waals surface area (Å²) in [5, 5.41) is 10.4. The second-order valence-electron chi connectivity index (χ2n) is 8.59. The third-order valence-corrected chi connectivity index (χ3v) is 4.39. The number of rotatable bonds is 9. The van der Waals surface area contributed by atoms with Gasteiger partial charge in [0, 0.05) is 7.05 Å². The Morgan fingerprint density at radius 2 is 1.59 bits per heavy atom. The normalized spacial score (nSPS) is 12.1. The predicted octanol–water partition coefficient (Wildman–Crippen LogP) is 4.52. The van der Waals surface area contributed by atoms with E-state index in [1.807, 2.05) is 31.2 Å². The number of ether oxygens (including phenoxy) is 3. The minimum absolute atomic E-state index is 0.0754. The van der Waals surface area contributed by atoms with Crippen molar-refractivity contribution >= 4 is 12.1 Å². The second kappa shape index (κ2) is 11.5. The summed E-state index contributed by atoms with van der Waals surface area (Å²) in [6.07, 6.45) is -0.332. The Balaban J connectivity index is 1.86. The molecule has 0 heterocycles. The van der Waals surface area contributed by atoms with Gasteiger partial charge >= 0.3 is 12.1 Å². The summed E-state index contributed by atoms with van der Waals surface area (Å²) < 4.78 is 16.2. The van der Waals surface area contributed by atoms with E-state index in [4.69, 9.17) is 14.2 Å². The summed E-state index contributed by atoms with van der Waals surface area (Å²) in [5.74, 6) is 0.773. The molecule has 1 N–H and O–H groups in total. The van der Waals surface area contributed by atoms with Crippen LogP contribution in [0.15, 0.2) is 48.5 Å². The molecule has 0 fully saturated rings. The first-order valence-electron chi connectivity index (χ1n) is 10.7. The number of hydrogen-bond donors (Lipinski definition) is 1. The first-order chi connectivity index (χ1) is 15.1. The number of amides is 1. The molecule has 0 aliphatic carbocycles. The third-order valence-electron chi connectivity index (χ3n) is 4.39. The van der Waals surface area contributed by atoms with Crippen molar-refractivity contribution in [1.29, 1.82) is 0 Å². The lowest BCUT2D eigenvalue weighted by molar-refractivity contribution is -0.133. The van der Waals surface area contributed by atoms with E-state index in [1.165, 1.54) is 4.90 Å². The molecule has 1 atom stereocenters. The molecule has 174 valence electrons. The summed E-state index contributed by atoms with van der Waals surface area (Å²) in [5.41, 5.74) is 0.825. The van der Waals surface area contributed by atoms with E-state index >= 15 is 0 Å². The highest BCUT2D eigenvalue weighted by atomic mass is 16.6. The minimum Gasteiger partial charge on any atom is -0.494 e. The van der Waals surface area contributed by atoms with Crippen LogP contribution in [0.25, 0.3) is 0 Å². The summed E-state index contributed by atoms with van der Waals surface area (Å²) in [6, 6.07) is 13.9. The van der Waals surface area contributed by atoms with Gasteiger partial charge < -0.3 is 24.2 Å². The Kier molecular flexibility index (Phi) is 9.08. The monoisotopic (exact) mass is 443 g/mol. The van der Waals surface area contributed by atoms with E-state index in [9.17, 15) is 14.7 Å². The molecule has 0 aliphatic rings. The smallest absolute Gasteiger partial charge is 0.410 e. The molecule has 7 nitrogen and oxygen atoms in total. The van der Waals surface area contributed by atoms with Crippen molar-refractivity contribution in [2.24, 2.45) is 0 Å². The van der Waals surface area contributed by atoms with Gasteiger partial charge in [0.2, 0.25) is 0 Å². The zero-order chi connectivity index (χ0) is 23.7. The van der Waals surface area contributed by atoms with Crippen molar-refractivity contribution < 1.29 is 28.9 Å². The molecule has 0 saturated heterocycles. The number of carbonyl (C=O) groups is 2. The number of benzene rings is 2. The van der Waals surface area contributed by atoms with Crippen molar-refractivity contribution in [3.63, 3.8) is 0 Å². The van der Waals surface area contributed by atoms with Crippen LogP contribution in [0.2, 0.25) is 0 Å². The van der Waals surface area contributed by atoms with Gasteiger partial charge in [-0.3, -0.25) is 4.79 Å². The Hall–Kier alpha value is -3.06. The van der Waals surface area contributed by atoms with Gasteiger partial charge in [0.15, 0.2) is 0 Å². The lowest BCUT2D eigenvalue weighted by Crippen LogP contribution is -2.36. The largest absolute Gasteiger partial charge is 0.494 e. The quantitative estimate of drug-likeness (QED) is 0.453. The molecule has 0 spiro atoms. The molecule has 2 aromatic rings. The van der Waals surface area contributed by atoms with Crippen LogP contribution >= 0.6 is 0 Å². The number of likely N-dealkylation sites (N-methyl/N-ethyl adjacent to an activating group) is 1. The molecule has 32 heavy (non-hydrogen) atoms. The van der Waals surface area contributed by atoms with E-state index in [0.29, 0.717) is 17.9 Å². The Bertz CT molecular complexity index is 871. The van der Waals surface area contributed by atoms with Gasteiger partial charge in [-0.05, 0) is 62.6 Å². The maximum absolute atomic E-state index is 12.2. The van der Waals surface area contributed by atoms with E-state index in [-0.39, 0.29) is 18.9 Å². The number of aliphatic hydroxyl groups excluding tert-OH is 1. The molecular formula is C25H33NO6. The molecule has 0 radical (unpaired) electrons. The van der Waals surface area contributed by atoms with Crippen molar-refractivity contribution in [2.75, 3.05) is 20.2 Å². The number of aliphatic hydroxyl groups is 1. The average Bonchev–Trinajstić information content (AvgIpc) is 2.72. The third kappa shape index (κ3) is 8.59. The summed E-state index contributed by atoms with van der Waals surface area (Å²) in [6.45, 7) is 8.13. The lowest BCUT2D eigenvalue weighted by atomic mass is 10.1. The predicted molar refractivity (Wildman–Crippen MR) is 122 cm³/mol. The van der Waals surface area contributed by atoms with Gasteiger partial charge in [-0.15, -0.1) is 0 Å².